The quantitative estimate of drug-likeness (QED) is 0.437. The standard InChI is InChI=1S/C4H12Si.H4O7P2/c1-4-5(2)3;1-8(2,3)7-9(4,5)6/h5H,4H2,1-3H3;(H2,1,2,3)(H2,4,5,6). The maximum atomic E-state index is 9.63. The molecule has 0 fully saturated rings. The number of hydrogen-bond donors (Lipinski definition) is 4. The van der Waals surface area contributed by atoms with Crippen LogP contribution in [0.25, 0.3) is 0 Å². The van der Waals surface area contributed by atoms with E-state index in [1.54, 1.807) is 0 Å². The first kappa shape index (κ1) is 16.9. The molecule has 0 spiro atoms. The molecule has 0 saturated heterocycles. The molecule has 0 saturated carbocycles. The fraction of sp³-hybridized carbons (Fsp3) is 1.00. The molecule has 0 aromatic carbocycles. The minimum atomic E-state index is -5.05. The van der Waals surface area contributed by atoms with Crippen molar-refractivity contribution >= 4 is 24.4 Å². The zero-order valence-corrected chi connectivity index (χ0v) is 11.1. The molecule has 0 atom stereocenters. The second kappa shape index (κ2) is 6.87. The summed E-state index contributed by atoms with van der Waals surface area (Å²) in [7, 11) is -10.3. The summed E-state index contributed by atoms with van der Waals surface area (Å²) in [6.45, 7) is 6.98. The summed E-state index contributed by atoms with van der Waals surface area (Å²) >= 11 is 0. The maximum absolute atomic E-state index is 9.63. The molecule has 0 aromatic rings. The monoisotopic (exact) mass is 266 g/mol. The predicted octanol–water partition coefficient (Wildman–Crippen LogP) is 0.681. The van der Waals surface area contributed by atoms with Crippen LogP contribution in [-0.2, 0) is 13.4 Å². The van der Waals surface area contributed by atoms with Crippen molar-refractivity contribution in [3.63, 3.8) is 0 Å². The van der Waals surface area contributed by atoms with E-state index in [-0.39, 0.29) is 8.80 Å². The van der Waals surface area contributed by atoms with E-state index >= 15 is 0 Å². The molecule has 10 heteroatoms. The topological polar surface area (TPSA) is 124 Å². The summed E-state index contributed by atoms with van der Waals surface area (Å²) in [6.07, 6.45) is 0. The highest BCUT2D eigenvalue weighted by atomic mass is 31.3. The van der Waals surface area contributed by atoms with Gasteiger partial charge in [-0.25, -0.2) is 9.13 Å². The van der Waals surface area contributed by atoms with Gasteiger partial charge in [0.2, 0.25) is 0 Å². The zero-order chi connectivity index (χ0) is 12.0. The van der Waals surface area contributed by atoms with Crippen LogP contribution in [0.1, 0.15) is 6.92 Å². The molecule has 0 heterocycles. The van der Waals surface area contributed by atoms with E-state index in [1.807, 2.05) is 0 Å². The van der Waals surface area contributed by atoms with Gasteiger partial charge in [0.25, 0.3) is 0 Å². The van der Waals surface area contributed by atoms with Crippen molar-refractivity contribution in [2.45, 2.75) is 26.1 Å². The molecule has 14 heavy (non-hydrogen) atoms. The molecule has 0 aliphatic carbocycles. The Labute approximate surface area is 84.2 Å². The van der Waals surface area contributed by atoms with Gasteiger partial charge in [-0.1, -0.05) is 26.1 Å². The van der Waals surface area contributed by atoms with Crippen LogP contribution in [0, 0.1) is 0 Å². The smallest absolute Gasteiger partial charge is 0.302 e. The lowest BCUT2D eigenvalue weighted by molar-refractivity contribution is 0.225. The third-order valence-electron chi connectivity index (χ3n) is 1.03. The van der Waals surface area contributed by atoms with E-state index in [0.717, 1.165) is 0 Å². The predicted molar refractivity (Wildman–Crippen MR) is 54.5 cm³/mol. The first-order valence-electron chi connectivity index (χ1n) is 3.80. The lowest BCUT2D eigenvalue weighted by Gasteiger charge is -2.03. The first-order valence-corrected chi connectivity index (χ1v) is 9.99. The molecule has 0 radical (unpaired) electrons. The van der Waals surface area contributed by atoms with Crippen LogP contribution in [0.15, 0.2) is 0 Å². The van der Waals surface area contributed by atoms with Crippen molar-refractivity contribution in [3.8, 4) is 0 Å². The van der Waals surface area contributed by atoms with Crippen molar-refractivity contribution in [2.24, 2.45) is 0 Å². The van der Waals surface area contributed by atoms with Gasteiger partial charge in [0.05, 0.1) is 0 Å². The second-order valence-corrected chi connectivity index (χ2v) is 9.08. The van der Waals surface area contributed by atoms with Gasteiger partial charge in [-0.3, -0.25) is 0 Å². The molecular weight excluding hydrogens is 250 g/mol. The van der Waals surface area contributed by atoms with E-state index in [0.29, 0.717) is 0 Å². The van der Waals surface area contributed by atoms with Gasteiger partial charge >= 0.3 is 15.6 Å². The lowest BCUT2D eigenvalue weighted by Crippen LogP contribution is -1.92. The van der Waals surface area contributed by atoms with E-state index in [4.69, 9.17) is 19.6 Å². The van der Waals surface area contributed by atoms with Gasteiger partial charge in [0.1, 0.15) is 0 Å². The van der Waals surface area contributed by atoms with Crippen LogP contribution in [0.2, 0.25) is 19.1 Å². The highest BCUT2D eigenvalue weighted by Crippen LogP contribution is 2.53. The first-order chi connectivity index (χ1) is 5.98. The minimum absolute atomic E-state index is 0.150. The number of phosphoric acid groups is 2. The Balaban J connectivity index is 0. The average Bonchev–Trinajstić information content (AvgIpc) is 1.80. The third-order valence-corrected chi connectivity index (χ3v) is 4.36. The minimum Gasteiger partial charge on any atom is -0.302 e. The van der Waals surface area contributed by atoms with Gasteiger partial charge < -0.3 is 19.6 Å². The lowest BCUT2D eigenvalue weighted by atomic mass is 11.0. The van der Waals surface area contributed by atoms with Gasteiger partial charge in [0.15, 0.2) is 0 Å². The van der Waals surface area contributed by atoms with Crippen LogP contribution in [0.5, 0.6) is 0 Å². The largest absolute Gasteiger partial charge is 0.478 e. The molecule has 0 aromatic heterocycles. The van der Waals surface area contributed by atoms with E-state index < -0.39 is 15.6 Å². The molecule has 0 aliphatic rings. The van der Waals surface area contributed by atoms with Crippen molar-refractivity contribution in [1.82, 2.24) is 0 Å². The molecule has 88 valence electrons. The van der Waals surface area contributed by atoms with Gasteiger partial charge in [-0.05, 0) is 0 Å². The summed E-state index contributed by atoms with van der Waals surface area (Å²) < 4.78 is 22.2. The van der Waals surface area contributed by atoms with Crippen molar-refractivity contribution in [3.05, 3.63) is 0 Å². The van der Waals surface area contributed by atoms with Crippen LogP contribution < -0.4 is 0 Å². The summed E-state index contributed by atoms with van der Waals surface area (Å²) in [5.41, 5.74) is 0. The maximum Gasteiger partial charge on any atom is 0.478 e. The molecule has 7 nitrogen and oxygen atoms in total. The Morgan fingerprint density at radius 2 is 1.29 bits per heavy atom. The Hall–Kier alpha value is 0.477. The van der Waals surface area contributed by atoms with E-state index in [1.165, 1.54) is 6.04 Å². The average molecular weight is 266 g/mol. The molecule has 0 rings (SSSR count). The Morgan fingerprint density at radius 1 is 1.07 bits per heavy atom. The summed E-state index contributed by atoms with van der Waals surface area (Å²) in [6, 6.07) is 1.44. The summed E-state index contributed by atoms with van der Waals surface area (Å²) in [5.74, 6) is 0. The zero-order valence-electron chi connectivity index (χ0n) is 8.19. The van der Waals surface area contributed by atoms with Crippen molar-refractivity contribution < 1.29 is 33.0 Å². The highest BCUT2D eigenvalue weighted by Gasteiger charge is 2.27. The fourth-order valence-electron chi connectivity index (χ4n) is 0.139. The van der Waals surface area contributed by atoms with Crippen LogP contribution in [0.4, 0.5) is 0 Å². The summed E-state index contributed by atoms with van der Waals surface area (Å²) in [4.78, 5) is 31.0. The van der Waals surface area contributed by atoms with Crippen LogP contribution in [-0.4, -0.2) is 28.4 Å². The Kier molecular flexibility index (Phi) is 8.29. The number of rotatable bonds is 3. The highest BCUT2D eigenvalue weighted by molar-refractivity contribution is 7.60. The van der Waals surface area contributed by atoms with Crippen LogP contribution >= 0.6 is 15.6 Å². The Bertz CT molecular complexity index is 210. The van der Waals surface area contributed by atoms with Gasteiger partial charge in [-0.15, -0.1) is 0 Å². The SMILES string of the molecule is CC[SiH](C)C.O=P(O)(O)OP(=O)(O)O. The molecular formula is C4H16O7P2Si. The van der Waals surface area contributed by atoms with Gasteiger partial charge in [0, 0.05) is 8.80 Å². The second-order valence-electron chi connectivity index (χ2n) is 2.86. The molecule has 0 aliphatic heterocycles. The van der Waals surface area contributed by atoms with E-state index in [9.17, 15) is 9.13 Å². The van der Waals surface area contributed by atoms with Crippen LogP contribution in [0.3, 0.4) is 0 Å². The molecule has 0 unspecified atom stereocenters. The van der Waals surface area contributed by atoms with E-state index in [2.05, 4.69) is 24.3 Å². The van der Waals surface area contributed by atoms with Crippen molar-refractivity contribution in [1.29, 1.82) is 0 Å². The normalized spacial score (nSPS) is 12.3. The molecule has 0 amide bonds. The fourth-order valence-corrected chi connectivity index (χ4v) is 1.25. The third kappa shape index (κ3) is 22.9. The van der Waals surface area contributed by atoms with Crippen molar-refractivity contribution in [2.75, 3.05) is 0 Å². The molecule has 0 bridgehead atoms. The number of hydrogen-bond acceptors (Lipinski definition) is 3. The summed E-state index contributed by atoms with van der Waals surface area (Å²) in [5, 5.41) is 0. The Morgan fingerprint density at radius 3 is 1.29 bits per heavy atom. The van der Waals surface area contributed by atoms with Gasteiger partial charge in [-0.2, -0.15) is 4.31 Å². The molecule has 4 N–H and O–H groups in total.